The topological polar surface area (TPSA) is 60.2 Å². The minimum Gasteiger partial charge on any atom is -0.383 e. The van der Waals surface area contributed by atoms with E-state index in [-0.39, 0.29) is 0 Å². The summed E-state index contributed by atoms with van der Waals surface area (Å²) in [5.41, 5.74) is 0. The van der Waals surface area contributed by atoms with Crippen molar-refractivity contribution in [3.8, 4) is 0 Å². The lowest BCUT2D eigenvalue weighted by Gasteiger charge is -1.97. The molecule has 1 aliphatic carbocycles. The molecule has 1 saturated carbocycles. The standard InChI is InChI=1S/C9H15N3O2/c1-13-5-4-10-9-11-8(12-14-9)6-7-2-3-7/h7H,2-6H2,1H3,(H,10,11,12). The zero-order chi connectivity index (χ0) is 9.80. The highest BCUT2D eigenvalue weighted by atomic mass is 16.5. The molecule has 78 valence electrons. The first-order valence-electron chi connectivity index (χ1n) is 4.94. The van der Waals surface area contributed by atoms with Gasteiger partial charge in [-0.25, -0.2) is 0 Å². The molecule has 0 saturated heterocycles. The van der Waals surface area contributed by atoms with Crippen LogP contribution in [0.25, 0.3) is 0 Å². The summed E-state index contributed by atoms with van der Waals surface area (Å²) in [5.74, 6) is 1.60. The predicted octanol–water partition coefficient (Wildman–Crippen LogP) is 1.08. The summed E-state index contributed by atoms with van der Waals surface area (Å²) in [4.78, 5) is 4.22. The summed E-state index contributed by atoms with van der Waals surface area (Å²) in [6.07, 6.45) is 3.57. The molecule has 1 heterocycles. The molecular weight excluding hydrogens is 182 g/mol. The summed E-state index contributed by atoms with van der Waals surface area (Å²) in [5, 5.41) is 6.88. The Bertz CT molecular complexity index is 283. The molecule has 0 radical (unpaired) electrons. The van der Waals surface area contributed by atoms with Gasteiger partial charge in [0.2, 0.25) is 0 Å². The minimum absolute atomic E-state index is 0.498. The Balaban J connectivity index is 1.76. The summed E-state index contributed by atoms with van der Waals surface area (Å²) >= 11 is 0. The lowest BCUT2D eigenvalue weighted by Crippen LogP contribution is -2.07. The molecule has 0 amide bonds. The van der Waals surface area contributed by atoms with Gasteiger partial charge in [-0.15, -0.1) is 0 Å². The van der Waals surface area contributed by atoms with Crippen LogP contribution in [0, 0.1) is 5.92 Å². The number of hydrogen-bond donors (Lipinski definition) is 1. The number of ether oxygens (including phenoxy) is 1. The molecule has 2 rings (SSSR count). The van der Waals surface area contributed by atoms with E-state index in [1.165, 1.54) is 12.8 Å². The molecule has 0 atom stereocenters. The first kappa shape index (κ1) is 9.45. The van der Waals surface area contributed by atoms with Crippen molar-refractivity contribution < 1.29 is 9.26 Å². The van der Waals surface area contributed by atoms with Crippen LogP contribution in [-0.4, -0.2) is 30.4 Å². The fourth-order valence-electron chi connectivity index (χ4n) is 1.25. The van der Waals surface area contributed by atoms with Crippen LogP contribution in [0.4, 0.5) is 6.01 Å². The van der Waals surface area contributed by atoms with Crippen LogP contribution in [0.15, 0.2) is 4.52 Å². The molecule has 0 unspecified atom stereocenters. The number of nitrogens with one attached hydrogen (secondary N) is 1. The molecule has 1 aliphatic rings. The van der Waals surface area contributed by atoms with Gasteiger partial charge in [-0.2, -0.15) is 4.98 Å². The fourth-order valence-corrected chi connectivity index (χ4v) is 1.25. The zero-order valence-corrected chi connectivity index (χ0v) is 8.32. The first-order chi connectivity index (χ1) is 6.88. The van der Waals surface area contributed by atoms with Crippen LogP contribution >= 0.6 is 0 Å². The van der Waals surface area contributed by atoms with E-state index < -0.39 is 0 Å². The van der Waals surface area contributed by atoms with Crippen molar-refractivity contribution in [2.24, 2.45) is 5.92 Å². The number of aromatic nitrogens is 2. The Morgan fingerprint density at radius 3 is 3.14 bits per heavy atom. The van der Waals surface area contributed by atoms with Crippen LogP contribution in [0.2, 0.25) is 0 Å². The van der Waals surface area contributed by atoms with Crippen molar-refractivity contribution in [3.05, 3.63) is 5.82 Å². The van der Waals surface area contributed by atoms with Crippen molar-refractivity contribution in [1.29, 1.82) is 0 Å². The Labute approximate surface area is 82.8 Å². The number of rotatable bonds is 6. The van der Waals surface area contributed by atoms with Gasteiger partial charge < -0.3 is 14.6 Å². The van der Waals surface area contributed by atoms with Crippen LogP contribution in [0.3, 0.4) is 0 Å². The average molecular weight is 197 g/mol. The van der Waals surface area contributed by atoms with Gasteiger partial charge in [-0.1, -0.05) is 5.16 Å². The molecular formula is C9H15N3O2. The van der Waals surface area contributed by atoms with Crippen molar-refractivity contribution in [2.45, 2.75) is 19.3 Å². The number of nitrogens with zero attached hydrogens (tertiary/aromatic N) is 2. The zero-order valence-electron chi connectivity index (χ0n) is 8.32. The average Bonchev–Trinajstić information content (AvgIpc) is 2.87. The maximum absolute atomic E-state index is 5.01. The lowest BCUT2D eigenvalue weighted by molar-refractivity contribution is 0.210. The maximum Gasteiger partial charge on any atom is 0.321 e. The maximum atomic E-state index is 5.01. The van der Waals surface area contributed by atoms with Gasteiger partial charge in [0.1, 0.15) is 0 Å². The van der Waals surface area contributed by atoms with Crippen molar-refractivity contribution >= 4 is 6.01 Å². The van der Waals surface area contributed by atoms with Crippen LogP contribution in [0.1, 0.15) is 18.7 Å². The summed E-state index contributed by atoms with van der Waals surface area (Å²) in [6.45, 7) is 1.34. The Kier molecular flexibility index (Phi) is 2.98. The molecule has 14 heavy (non-hydrogen) atoms. The smallest absolute Gasteiger partial charge is 0.321 e. The highest BCUT2D eigenvalue weighted by Crippen LogP contribution is 2.31. The molecule has 1 N–H and O–H groups in total. The number of methoxy groups -OCH3 is 1. The second-order valence-corrected chi connectivity index (χ2v) is 3.58. The van der Waals surface area contributed by atoms with Crippen LogP contribution in [-0.2, 0) is 11.2 Å². The highest BCUT2D eigenvalue weighted by molar-refractivity contribution is 5.18. The Hall–Kier alpha value is -1.10. The molecule has 0 spiro atoms. The second-order valence-electron chi connectivity index (χ2n) is 3.58. The molecule has 5 nitrogen and oxygen atoms in total. The molecule has 1 fully saturated rings. The highest BCUT2D eigenvalue weighted by Gasteiger charge is 2.23. The summed E-state index contributed by atoms with van der Waals surface area (Å²) < 4.78 is 9.90. The first-order valence-corrected chi connectivity index (χ1v) is 4.94. The number of anilines is 1. The third-order valence-corrected chi connectivity index (χ3v) is 2.22. The van der Waals surface area contributed by atoms with Crippen LogP contribution in [0.5, 0.6) is 0 Å². The third kappa shape index (κ3) is 2.70. The summed E-state index contributed by atoms with van der Waals surface area (Å²) in [7, 11) is 1.66. The monoisotopic (exact) mass is 197 g/mol. The summed E-state index contributed by atoms with van der Waals surface area (Å²) in [6, 6.07) is 0.498. The molecule has 5 heteroatoms. The van der Waals surface area contributed by atoms with Gasteiger partial charge in [0.25, 0.3) is 0 Å². The minimum atomic E-state index is 0.498. The van der Waals surface area contributed by atoms with Gasteiger partial charge in [0, 0.05) is 20.1 Å². The second kappa shape index (κ2) is 4.41. The number of hydrogen-bond acceptors (Lipinski definition) is 5. The molecule has 0 aromatic carbocycles. The third-order valence-electron chi connectivity index (χ3n) is 2.22. The molecule has 0 bridgehead atoms. The van der Waals surface area contributed by atoms with Gasteiger partial charge in [0.15, 0.2) is 5.82 Å². The van der Waals surface area contributed by atoms with E-state index in [0.29, 0.717) is 19.2 Å². The fraction of sp³-hybridized carbons (Fsp3) is 0.778. The van der Waals surface area contributed by atoms with E-state index in [1.54, 1.807) is 7.11 Å². The van der Waals surface area contributed by atoms with Gasteiger partial charge in [0.05, 0.1) is 6.61 Å². The largest absolute Gasteiger partial charge is 0.383 e. The predicted molar refractivity (Wildman–Crippen MR) is 51.1 cm³/mol. The molecule has 1 aromatic rings. The van der Waals surface area contributed by atoms with E-state index >= 15 is 0 Å². The van der Waals surface area contributed by atoms with E-state index in [4.69, 9.17) is 9.26 Å². The van der Waals surface area contributed by atoms with E-state index in [2.05, 4.69) is 15.5 Å². The van der Waals surface area contributed by atoms with Gasteiger partial charge in [-0.3, -0.25) is 0 Å². The Morgan fingerprint density at radius 2 is 2.43 bits per heavy atom. The molecule has 1 aromatic heterocycles. The van der Waals surface area contributed by atoms with Crippen molar-refractivity contribution in [3.63, 3.8) is 0 Å². The van der Waals surface area contributed by atoms with Gasteiger partial charge >= 0.3 is 6.01 Å². The van der Waals surface area contributed by atoms with Crippen LogP contribution < -0.4 is 5.32 Å². The lowest BCUT2D eigenvalue weighted by atomic mass is 10.3. The normalized spacial score (nSPS) is 15.8. The Morgan fingerprint density at radius 1 is 1.57 bits per heavy atom. The van der Waals surface area contributed by atoms with E-state index in [0.717, 1.165) is 18.2 Å². The SMILES string of the molecule is COCCNc1nc(CC2CC2)no1. The van der Waals surface area contributed by atoms with E-state index in [9.17, 15) is 0 Å². The quantitative estimate of drug-likeness (QED) is 0.691. The van der Waals surface area contributed by atoms with Crippen molar-refractivity contribution in [2.75, 3.05) is 25.6 Å². The van der Waals surface area contributed by atoms with E-state index in [1.807, 2.05) is 0 Å². The molecule has 0 aliphatic heterocycles. The van der Waals surface area contributed by atoms with Crippen molar-refractivity contribution in [1.82, 2.24) is 10.1 Å². The van der Waals surface area contributed by atoms with Gasteiger partial charge in [-0.05, 0) is 18.8 Å².